The third kappa shape index (κ3) is 2.69. The van der Waals surface area contributed by atoms with Gasteiger partial charge in [-0.15, -0.1) is 0 Å². The first-order chi connectivity index (χ1) is 9.84. The number of carbonyl (C=O) groups is 1. The van der Waals surface area contributed by atoms with Gasteiger partial charge in [-0.25, -0.2) is 4.39 Å². The van der Waals surface area contributed by atoms with Crippen LogP contribution in [0, 0.1) is 21.7 Å². The topological polar surface area (TPSA) is 95.7 Å². The number of amides is 1. The SMILES string of the molecule is CN(C(=O)c1c(F)ccc([N+](=O)[O-])c1F)[C@H]1CNC[C@@H]1O. The fourth-order valence-corrected chi connectivity index (χ4v) is 2.25. The summed E-state index contributed by atoms with van der Waals surface area (Å²) in [5.41, 5.74) is -1.97. The van der Waals surface area contributed by atoms with E-state index in [4.69, 9.17) is 0 Å². The monoisotopic (exact) mass is 301 g/mol. The van der Waals surface area contributed by atoms with Crippen molar-refractivity contribution in [2.75, 3.05) is 20.1 Å². The zero-order valence-corrected chi connectivity index (χ0v) is 11.0. The number of rotatable bonds is 3. The summed E-state index contributed by atoms with van der Waals surface area (Å²) in [4.78, 5) is 22.8. The van der Waals surface area contributed by atoms with Crippen LogP contribution in [0.25, 0.3) is 0 Å². The number of nitrogens with one attached hydrogen (secondary N) is 1. The summed E-state index contributed by atoms with van der Waals surface area (Å²) >= 11 is 0. The van der Waals surface area contributed by atoms with Gasteiger partial charge in [0.05, 0.1) is 17.1 Å². The van der Waals surface area contributed by atoms with Crippen molar-refractivity contribution in [3.63, 3.8) is 0 Å². The Labute approximate surface area is 118 Å². The first kappa shape index (κ1) is 15.3. The molecule has 0 spiro atoms. The number of halogens is 2. The van der Waals surface area contributed by atoms with Crippen LogP contribution in [0.2, 0.25) is 0 Å². The van der Waals surface area contributed by atoms with Gasteiger partial charge in [-0.05, 0) is 6.07 Å². The Kier molecular flexibility index (Phi) is 4.14. The number of likely N-dealkylation sites (N-methyl/N-ethyl adjacent to an activating group) is 1. The number of hydrogen-bond acceptors (Lipinski definition) is 5. The molecule has 0 aromatic heterocycles. The molecule has 0 bridgehead atoms. The molecule has 1 saturated heterocycles. The van der Waals surface area contributed by atoms with E-state index >= 15 is 0 Å². The van der Waals surface area contributed by atoms with Crippen molar-refractivity contribution >= 4 is 11.6 Å². The number of aliphatic hydroxyl groups is 1. The summed E-state index contributed by atoms with van der Waals surface area (Å²) in [6.45, 7) is 0.518. The molecule has 0 unspecified atom stereocenters. The fourth-order valence-electron chi connectivity index (χ4n) is 2.25. The van der Waals surface area contributed by atoms with Crippen LogP contribution in [-0.4, -0.2) is 53.1 Å². The van der Waals surface area contributed by atoms with Gasteiger partial charge in [0, 0.05) is 26.2 Å². The largest absolute Gasteiger partial charge is 0.390 e. The van der Waals surface area contributed by atoms with E-state index in [1.54, 1.807) is 0 Å². The molecular weight excluding hydrogens is 288 g/mol. The Morgan fingerprint density at radius 2 is 2.14 bits per heavy atom. The second kappa shape index (κ2) is 5.70. The summed E-state index contributed by atoms with van der Waals surface area (Å²) in [5.74, 6) is -3.76. The number of nitro groups is 1. The highest BCUT2D eigenvalue weighted by molar-refractivity contribution is 5.95. The maximum Gasteiger partial charge on any atom is 0.305 e. The zero-order valence-electron chi connectivity index (χ0n) is 11.0. The first-order valence-corrected chi connectivity index (χ1v) is 6.13. The summed E-state index contributed by atoms with van der Waals surface area (Å²) < 4.78 is 27.7. The van der Waals surface area contributed by atoms with E-state index in [1.807, 2.05) is 0 Å². The Balaban J connectivity index is 2.39. The molecule has 0 aliphatic carbocycles. The van der Waals surface area contributed by atoms with Gasteiger partial charge in [0.1, 0.15) is 11.4 Å². The van der Waals surface area contributed by atoms with Crippen molar-refractivity contribution in [3.8, 4) is 0 Å². The Morgan fingerprint density at radius 1 is 1.48 bits per heavy atom. The van der Waals surface area contributed by atoms with E-state index in [-0.39, 0.29) is 13.1 Å². The van der Waals surface area contributed by atoms with Crippen LogP contribution in [0.4, 0.5) is 14.5 Å². The summed E-state index contributed by atoms with van der Waals surface area (Å²) in [5, 5.41) is 23.2. The highest BCUT2D eigenvalue weighted by atomic mass is 19.1. The minimum absolute atomic E-state index is 0.252. The van der Waals surface area contributed by atoms with Crippen LogP contribution < -0.4 is 5.32 Å². The first-order valence-electron chi connectivity index (χ1n) is 6.13. The highest BCUT2D eigenvalue weighted by Gasteiger charge is 2.35. The second-order valence-corrected chi connectivity index (χ2v) is 4.72. The van der Waals surface area contributed by atoms with Crippen LogP contribution in [0.3, 0.4) is 0 Å². The standard InChI is InChI=1S/C12H13F2N3O4/c1-16(8-4-15-5-9(8)18)12(19)10-6(13)2-3-7(11(10)14)17(20)21/h2-3,8-9,15,18H,4-5H2,1H3/t8-,9-/m0/s1. The molecule has 1 aromatic carbocycles. The van der Waals surface area contributed by atoms with Crippen molar-refractivity contribution in [2.24, 2.45) is 0 Å². The lowest BCUT2D eigenvalue weighted by Gasteiger charge is -2.26. The number of β-amino-alcohol motifs (C(OH)–C–C–N with tert-alkyl or cyclic N) is 1. The highest BCUT2D eigenvalue weighted by Crippen LogP contribution is 2.25. The Morgan fingerprint density at radius 3 is 2.67 bits per heavy atom. The molecule has 1 heterocycles. The number of hydrogen-bond donors (Lipinski definition) is 2. The van der Waals surface area contributed by atoms with Crippen LogP contribution in [0.15, 0.2) is 12.1 Å². The molecule has 2 N–H and O–H groups in total. The number of benzene rings is 1. The third-order valence-corrected chi connectivity index (χ3v) is 3.45. The predicted molar refractivity (Wildman–Crippen MR) is 67.8 cm³/mol. The number of nitrogens with zero attached hydrogens (tertiary/aromatic N) is 2. The van der Waals surface area contributed by atoms with E-state index in [0.717, 1.165) is 4.90 Å². The molecule has 1 amide bonds. The van der Waals surface area contributed by atoms with Gasteiger partial charge in [-0.3, -0.25) is 14.9 Å². The normalized spacial score (nSPS) is 21.3. The van der Waals surface area contributed by atoms with Gasteiger partial charge in [0.15, 0.2) is 0 Å². The van der Waals surface area contributed by atoms with Crippen LogP contribution in [-0.2, 0) is 0 Å². The minimum atomic E-state index is -1.52. The molecule has 21 heavy (non-hydrogen) atoms. The maximum atomic E-state index is 14.0. The van der Waals surface area contributed by atoms with E-state index in [9.17, 15) is 28.8 Å². The quantitative estimate of drug-likeness (QED) is 0.617. The van der Waals surface area contributed by atoms with Gasteiger partial charge in [0.2, 0.25) is 5.82 Å². The third-order valence-electron chi connectivity index (χ3n) is 3.45. The number of carbonyl (C=O) groups excluding carboxylic acids is 1. The summed E-state index contributed by atoms with van der Waals surface area (Å²) in [6.07, 6.45) is -0.872. The smallest absolute Gasteiger partial charge is 0.305 e. The lowest BCUT2D eigenvalue weighted by molar-refractivity contribution is -0.387. The molecule has 1 aliphatic heterocycles. The Bertz CT molecular complexity index is 596. The molecule has 7 nitrogen and oxygen atoms in total. The summed E-state index contributed by atoms with van der Waals surface area (Å²) in [7, 11) is 1.28. The second-order valence-electron chi connectivity index (χ2n) is 4.72. The van der Waals surface area contributed by atoms with Gasteiger partial charge in [0.25, 0.3) is 5.91 Å². The van der Waals surface area contributed by atoms with E-state index in [0.29, 0.717) is 12.1 Å². The number of nitro benzene ring substituents is 1. The van der Waals surface area contributed by atoms with Crippen molar-refractivity contribution < 1.29 is 23.6 Å². The average molecular weight is 301 g/mol. The lowest BCUT2D eigenvalue weighted by atomic mass is 10.1. The van der Waals surface area contributed by atoms with Crippen LogP contribution >= 0.6 is 0 Å². The minimum Gasteiger partial charge on any atom is -0.390 e. The maximum absolute atomic E-state index is 14.0. The van der Waals surface area contributed by atoms with Crippen molar-refractivity contribution in [3.05, 3.63) is 39.4 Å². The molecule has 2 atom stereocenters. The molecule has 2 rings (SSSR count). The molecule has 114 valence electrons. The van der Waals surface area contributed by atoms with Gasteiger partial charge in [-0.2, -0.15) is 4.39 Å². The molecule has 0 radical (unpaired) electrons. The fraction of sp³-hybridized carbons (Fsp3) is 0.417. The van der Waals surface area contributed by atoms with Crippen molar-refractivity contribution in [1.82, 2.24) is 10.2 Å². The zero-order chi connectivity index (χ0) is 15.7. The molecule has 0 saturated carbocycles. The molecule has 9 heteroatoms. The summed E-state index contributed by atoms with van der Waals surface area (Å²) in [6, 6.07) is 0.675. The molecule has 1 fully saturated rings. The van der Waals surface area contributed by atoms with Crippen LogP contribution in [0.5, 0.6) is 0 Å². The molecule has 1 aromatic rings. The van der Waals surface area contributed by atoms with E-state index < -0.39 is 45.9 Å². The van der Waals surface area contributed by atoms with E-state index in [2.05, 4.69) is 5.32 Å². The van der Waals surface area contributed by atoms with Crippen molar-refractivity contribution in [2.45, 2.75) is 12.1 Å². The van der Waals surface area contributed by atoms with Crippen molar-refractivity contribution in [1.29, 1.82) is 0 Å². The molecular formula is C12H13F2N3O4. The Hall–Kier alpha value is -2.13. The van der Waals surface area contributed by atoms with Crippen LogP contribution in [0.1, 0.15) is 10.4 Å². The van der Waals surface area contributed by atoms with Gasteiger partial charge < -0.3 is 15.3 Å². The average Bonchev–Trinajstić information content (AvgIpc) is 2.83. The molecule has 1 aliphatic rings. The van der Waals surface area contributed by atoms with E-state index in [1.165, 1.54) is 7.05 Å². The number of aliphatic hydroxyl groups excluding tert-OH is 1. The lowest BCUT2D eigenvalue weighted by Crippen LogP contribution is -2.44. The van der Waals surface area contributed by atoms with Gasteiger partial charge in [-0.1, -0.05) is 0 Å². The predicted octanol–water partition coefficient (Wildman–Crippen LogP) is 0.278. The van der Waals surface area contributed by atoms with Gasteiger partial charge >= 0.3 is 5.69 Å².